The smallest absolute Gasteiger partial charge is 0.355 e. The fourth-order valence-corrected chi connectivity index (χ4v) is 2.77. The molecule has 0 bridgehead atoms. The Morgan fingerprint density at radius 1 is 0.879 bits per heavy atom. The minimum absolute atomic E-state index is 0.319. The van der Waals surface area contributed by atoms with E-state index in [1.54, 1.807) is 37.6 Å². The third-order valence-corrected chi connectivity index (χ3v) is 4.45. The van der Waals surface area contributed by atoms with Gasteiger partial charge in [0.05, 0.1) is 7.11 Å². The number of carbonyl (C=O) groups is 1. The van der Waals surface area contributed by atoms with Crippen LogP contribution in [0.4, 0.5) is 0 Å². The zero-order valence-corrected chi connectivity index (χ0v) is 18.7. The van der Waals surface area contributed by atoms with Crippen molar-refractivity contribution in [3.8, 4) is 17.2 Å². The standard InChI is InChI=1S/C26H27NO6/c1-3-7-26(28)33-32-24-16-14-23(15-17-24)30-18-20-10-12-22(13-11-20)31-19-25(27-29-2)21-8-5-4-6-9-21/h4-6,8-17,19,27H,3,7,18H2,1-2H3. The molecule has 0 spiro atoms. The zero-order chi connectivity index (χ0) is 23.3. The van der Waals surface area contributed by atoms with Crippen molar-refractivity contribution in [2.45, 2.75) is 26.4 Å². The third kappa shape index (κ3) is 7.90. The predicted molar refractivity (Wildman–Crippen MR) is 124 cm³/mol. The molecule has 0 amide bonds. The van der Waals surface area contributed by atoms with Crippen LogP contribution in [0.5, 0.6) is 17.2 Å². The van der Waals surface area contributed by atoms with E-state index >= 15 is 0 Å². The third-order valence-electron chi connectivity index (χ3n) is 4.45. The van der Waals surface area contributed by atoms with Gasteiger partial charge < -0.3 is 9.47 Å². The Hall–Kier alpha value is -3.97. The lowest BCUT2D eigenvalue weighted by atomic mass is 10.2. The van der Waals surface area contributed by atoms with Crippen molar-refractivity contribution in [1.29, 1.82) is 0 Å². The molecule has 1 N–H and O–H groups in total. The predicted octanol–water partition coefficient (Wildman–Crippen LogP) is 5.43. The Morgan fingerprint density at radius 2 is 1.55 bits per heavy atom. The van der Waals surface area contributed by atoms with E-state index in [1.165, 1.54) is 0 Å². The molecule has 0 radical (unpaired) electrons. The van der Waals surface area contributed by atoms with E-state index in [0.29, 0.717) is 42.4 Å². The molecule has 0 unspecified atom stereocenters. The van der Waals surface area contributed by atoms with Crippen molar-refractivity contribution in [3.05, 3.63) is 96.3 Å². The molecule has 172 valence electrons. The molecule has 0 saturated heterocycles. The van der Waals surface area contributed by atoms with E-state index in [2.05, 4.69) is 5.48 Å². The van der Waals surface area contributed by atoms with Crippen LogP contribution in [0.25, 0.3) is 5.70 Å². The van der Waals surface area contributed by atoms with Gasteiger partial charge in [0.25, 0.3) is 0 Å². The second-order valence-electron chi connectivity index (χ2n) is 7.01. The van der Waals surface area contributed by atoms with Gasteiger partial charge in [0.15, 0.2) is 5.75 Å². The van der Waals surface area contributed by atoms with Crippen molar-refractivity contribution < 1.29 is 28.9 Å². The number of carbonyl (C=O) groups excluding carboxylic acids is 1. The fourth-order valence-electron chi connectivity index (χ4n) is 2.77. The van der Waals surface area contributed by atoms with Crippen LogP contribution in [0.3, 0.4) is 0 Å². The second kappa shape index (κ2) is 12.8. The first kappa shape index (κ1) is 23.7. The van der Waals surface area contributed by atoms with Gasteiger partial charge in [0.2, 0.25) is 0 Å². The summed E-state index contributed by atoms with van der Waals surface area (Å²) in [5.74, 6) is 1.39. The lowest BCUT2D eigenvalue weighted by Crippen LogP contribution is -2.11. The van der Waals surface area contributed by atoms with Crippen molar-refractivity contribution >= 4 is 11.7 Å². The molecule has 0 aromatic heterocycles. The van der Waals surface area contributed by atoms with Crippen LogP contribution in [0.1, 0.15) is 30.9 Å². The lowest BCUT2D eigenvalue weighted by molar-refractivity contribution is -0.213. The first-order chi connectivity index (χ1) is 16.2. The summed E-state index contributed by atoms with van der Waals surface area (Å²) < 4.78 is 11.6. The molecule has 0 aliphatic carbocycles. The average Bonchev–Trinajstić information content (AvgIpc) is 2.86. The minimum Gasteiger partial charge on any atom is -0.489 e. The average molecular weight is 450 g/mol. The molecule has 3 aromatic carbocycles. The summed E-state index contributed by atoms with van der Waals surface area (Å²) in [5, 5.41) is 0. The van der Waals surface area contributed by atoms with Crippen LogP contribution in [-0.2, 0) is 21.1 Å². The van der Waals surface area contributed by atoms with Crippen LogP contribution >= 0.6 is 0 Å². The van der Waals surface area contributed by atoms with Gasteiger partial charge in [-0.2, -0.15) is 0 Å². The van der Waals surface area contributed by atoms with E-state index in [4.69, 9.17) is 24.1 Å². The zero-order valence-electron chi connectivity index (χ0n) is 18.7. The monoisotopic (exact) mass is 449 g/mol. The van der Waals surface area contributed by atoms with Gasteiger partial charge >= 0.3 is 5.97 Å². The van der Waals surface area contributed by atoms with Gasteiger partial charge in [-0.05, 0) is 48.4 Å². The van der Waals surface area contributed by atoms with E-state index in [-0.39, 0.29) is 0 Å². The normalized spacial score (nSPS) is 10.9. The van der Waals surface area contributed by atoms with Crippen molar-refractivity contribution in [3.63, 3.8) is 0 Å². The summed E-state index contributed by atoms with van der Waals surface area (Å²) in [6.07, 6.45) is 2.63. The van der Waals surface area contributed by atoms with E-state index in [9.17, 15) is 4.79 Å². The Kier molecular flexibility index (Phi) is 9.17. The highest BCUT2D eigenvalue weighted by molar-refractivity contribution is 5.68. The molecule has 0 fully saturated rings. The molecule has 33 heavy (non-hydrogen) atoms. The molecule has 0 heterocycles. The summed E-state index contributed by atoms with van der Waals surface area (Å²) in [5.41, 5.74) is 5.46. The quantitative estimate of drug-likeness (QED) is 0.224. The fraction of sp³-hybridized carbons (Fsp3) is 0.192. The maximum Gasteiger partial charge on any atom is 0.355 e. The number of hydrogen-bond donors (Lipinski definition) is 1. The molecule has 7 nitrogen and oxygen atoms in total. The number of benzene rings is 3. The molecule has 0 aliphatic heterocycles. The lowest BCUT2D eigenvalue weighted by Gasteiger charge is -2.10. The molecule has 0 saturated carbocycles. The molecular weight excluding hydrogens is 422 g/mol. The van der Waals surface area contributed by atoms with Gasteiger partial charge in [-0.25, -0.2) is 4.79 Å². The topological polar surface area (TPSA) is 75.3 Å². The molecule has 3 aromatic rings. The van der Waals surface area contributed by atoms with Crippen molar-refractivity contribution in [1.82, 2.24) is 5.48 Å². The highest BCUT2D eigenvalue weighted by Gasteiger charge is 2.05. The van der Waals surface area contributed by atoms with Crippen LogP contribution < -0.4 is 19.8 Å². The van der Waals surface area contributed by atoms with E-state index < -0.39 is 5.97 Å². The summed E-state index contributed by atoms with van der Waals surface area (Å²) >= 11 is 0. The summed E-state index contributed by atoms with van der Waals surface area (Å²) in [4.78, 5) is 26.1. The van der Waals surface area contributed by atoms with Gasteiger partial charge in [-0.15, -0.1) is 0 Å². The Morgan fingerprint density at radius 3 is 2.21 bits per heavy atom. The van der Waals surface area contributed by atoms with Crippen LogP contribution in [0, 0.1) is 0 Å². The summed E-state index contributed by atoms with van der Waals surface area (Å²) in [7, 11) is 1.55. The second-order valence-corrected chi connectivity index (χ2v) is 7.01. The minimum atomic E-state index is -0.396. The molecule has 3 rings (SSSR count). The van der Waals surface area contributed by atoms with Crippen molar-refractivity contribution in [2.24, 2.45) is 0 Å². The number of rotatable bonds is 12. The van der Waals surface area contributed by atoms with Crippen LogP contribution in [0.2, 0.25) is 0 Å². The number of hydrogen-bond acceptors (Lipinski definition) is 7. The Bertz CT molecular complexity index is 1020. The van der Waals surface area contributed by atoms with E-state index in [1.807, 2.05) is 61.5 Å². The van der Waals surface area contributed by atoms with Crippen LogP contribution in [-0.4, -0.2) is 13.1 Å². The summed E-state index contributed by atoms with van der Waals surface area (Å²) in [6.45, 7) is 2.29. The van der Waals surface area contributed by atoms with Gasteiger partial charge in [-0.1, -0.05) is 49.4 Å². The molecule has 0 atom stereocenters. The van der Waals surface area contributed by atoms with E-state index in [0.717, 1.165) is 11.1 Å². The SMILES string of the molecule is CCCC(=O)OOc1ccc(OCc2ccc(OC=C(NOC)c3ccccc3)cc2)cc1. The maximum absolute atomic E-state index is 11.3. The summed E-state index contributed by atoms with van der Waals surface area (Å²) in [6, 6.07) is 24.2. The number of hydroxylamine groups is 1. The van der Waals surface area contributed by atoms with Gasteiger partial charge in [0, 0.05) is 12.0 Å². The maximum atomic E-state index is 11.3. The van der Waals surface area contributed by atoms with Crippen molar-refractivity contribution in [2.75, 3.05) is 7.11 Å². The number of ether oxygens (including phenoxy) is 2. The highest BCUT2D eigenvalue weighted by atomic mass is 17.2. The van der Waals surface area contributed by atoms with Gasteiger partial charge in [-0.3, -0.25) is 20.1 Å². The Labute approximate surface area is 193 Å². The first-order valence-corrected chi connectivity index (χ1v) is 10.6. The highest BCUT2D eigenvalue weighted by Crippen LogP contribution is 2.20. The largest absolute Gasteiger partial charge is 0.489 e. The molecule has 7 heteroatoms. The first-order valence-electron chi connectivity index (χ1n) is 10.6. The van der Waals surface area contributed by atoms with Gasteiger partial charge in [0.1, 0.15) is 30.1 Å². The molecular formula is C26H27NO6. The Balaban J connectivity index is 1.50. The number of nitrogens with one attached hydrogen (secondary N) is 1. The van der Waals surface area contributed by atoms with Crippen LogP contribution in [0.15, 0.2) is 85.1 Å². The molecule has 0 aliphatic rings.